The summed E-state index contributed by atoms with van der Waals surface area (Å²) in [6.07, 6.45) is -8.34. The van der Waals surface area contributed by atoms with Crippen molar-refractivity contribution in [1.82, 2.24) is 0 Å². The lowest BCUT2D eigenvalue weighted by Gasteiger charge is -2.32. The summed E-state index contributed by atoms with van der Waals surface area (Å²) in [6.45, 7) is 0. The molecule has 0 spiro atoms. The maximum absolute atomic E-state index is 14.2. The highest BCUT2D eigenvalue weighted by atomic mass is 35.5. The van der Waals surface area contributed by atoms with Gasteiger partial charge in [0.1, 0.15) is 5.82 Å². The van der Waals surface area contributed by atoms with E-state index >= 15 is 0 Å². The SMILES string of the molecule is Cl.N[C@H](c1c(F)cc(C(F)(F)F)cc1C(F)(F)F)[C@@H](O)C1CCCCC1. The smallest absolute Gasteiger partial charge is 0.391 e. The van der Waals surface area contributed by atoms with E-state index in [0.29, 0.717) is 12.8 Å². The van der Waals surface area contributed by atoms with E-state index in [2.05, 4.69) is 0 Å². The minimum Gasteiger partial charge on any atom is -0.391 e. The molecule has 1 aliphatic carbocycles. The lowest BCUT2D eigenvalue weighted by Crippen LogP contribution is -2.36. The monoisotopic (exact) mass is 409 g/mol. The number of nitrogens with two attached hydrogens (primary N) is 1. The largest absolute Gasteiger partial charge is 0.416 e. The third kappa shape index (κ3) is 5.01. The van der Waals surface area contributed by atoms with Crippen LogP contribution < -0.4 is 5.73 Å². The Labute approximate surface area is 152 Å². The van der Waals surface area contributed by atoms with E-state index in [1.165, 1.54) is 0 Å². The van der Waals surface area contributed by atoms with Crippen LogP contribution in [0.1, 0.15) is 54.8 Å². The van der Waals surface area contributed by atoms with Crippen molar-refractivity contribution in [2.45, 2.75) is 56.6 Å². The van der Waals surface area contributed by atoms with Gasteiger partial charge in [0.05, 0.1) is 23.3 Å². The molecule has 0 radical (unpaired) electrons. The topological polar surface area (TPSA) is 46.2 Å². The van der Waals surface area contributed by atoms with Crippen molar-refractivity contribution in [2.24, 2.45) is 11.7 Å². The first-order valence-electron chi connectivity index (χ1n) is 7.84. The van der Waals surface area contributed by atoms with Gasteiger partial charge in [-0.05, 0) is 30.9 Å². The van der Waals surface area contributed by atoms with Gasteiger partial charge in [-0.25, -0.2) is 4.39 Å². The number of hydrogen-bond donors (Lipinski definition) is 2. The Morgan fingerprint density at radius 1 is 0.962 bits per heavy atom. The third-order valence-corrected chi connectivity index (χ3v) is 4.60. The summed E-state index contributed by atoms with van der Waals surface area (Å²) in [4.78, 5) is 0. The minimum atomic E-state index is -5.23. The minimum absolute atomic E-state index is 0. The molecule has 10 heteroatoms. The van der Waals surface area contributed by atoms with Crippen LogP contribution in [0.15, 0.2) is 12.1 Å². The Morgan fingerprint density at radius 2 is 1.50 bits per heavy atom. The zero-order valence-electron chi connectivity index (χ0n) is 13.5. The predicted octanol–water partition coefficient (Wildman–Crippen LogP) is 5.23. The van der Waals surface area contributed by atoms with Crippen molar-refractivity contribution in [3.8, 4) is 0 Å². The molecular weight excluding hydrogens is 391 g/mol. The molecule has 0 saturated heterocycles. The Hall–Kier alpha value is -1.06. The fraction of sp³-hybridized carbons (Fsp3) is 0.625. The molecule has 0 aliphatic heterocycles. The number of halogens is 8. The van der Waals surface area contributed by atoms with E-state index in [9.17, 15) is 35.8 Å². The van der Waals surface area contributed by atoms with E-state index in [1.807, 2.05) is 0 Å². The predicted molar refractivity (Wildman–Crippen MR) is 83.2 cm³/mol. The summed E-state index contributed by atoms with van der Waals surface area (Å²) in [6, 6.07) is -1.94. The number of aliphatic hydroxyl groups is 1. The summed E-state index contributed by atoms with van der Waals surface area (Å²) in [7, 11) is 0. The number of rotatable bonds is 3. The average molecular weight is 410 g/mol. The second-order valence-electron chi connectivity index (χ2n) is 6.33. The normalized spacial score (nSPS) is 19.0. The van der Waals surface area contributed by atoms with Gasteiger partial charge >= 0.3 is 12.4 Å². The highest BCUT2D eigenvalue weighted by Gasteiger charge is 2.42. The molecule has 0 aromatic heterocycles. The first kappa shape index (κ1) is 23.0. The zero-order valence-corrected chi connectivity index (χ0v) is 14.3. The van der Waals surface area contributed by atoms with E-state index in [1.54, 1.807) is 0 Å². The summed E-state index contributed by atoms with van der Waals surface area (Å²) in [5, 5.41) is 10.3. The van der Waals surface area contributed by atoms with Crippen molar-refractivity contribution in [1.29, 1.82) is 0 Å². The second kappa shape index (κ2) is 8.31. The molecule has 26 heavy (non-hydrogen) atoms. The molecular formula is C16H19ClF7NO. The van der Waals surface area contributed by atoms with Gasteiger partial charge < -0.3 is 10.8 Å². The summed E-state index contributed by atoms with van der Waals surface area (Å²) in [5.74, 6) is -2.13. The Morgan fingerprint density at radius 3 is 1.96 bits per heavy atom. The van der Waals surface area contributed by atoms with Gasteiger partial charge in [0.25, 0.3) is 0 Å². The molecule has 150 valence electrons. The fourth-order valence-corrected chi connectivity index (χ4v) is 3.29. The molecule has 3 N–H and O–H groups in total. The van der Waals surface area contributed by atoms with Gasteiger partial charge in [0.15, 0.2) is 0 Å². The Bertz CT molecular complexity index is 612. The van der Waals surface area contributed by atoms with Gasteiger partial charge in [-0.2, -0.15) is 26.3 Å². The van der Waals surface area contributed by atoms with Gasteiger partial charge in [0, 0.05) is 5.56 Å². The summed E-state index contributed by atoms with van der Waals surface area (Å²) in [5.41, 5.74) is 0.976. The van der Waals surface area contributed by atoms with Gasteiger partial charge in [-0.15, -0.1) is 12.4 Å². The van der Waals surface area contributed by atoms with Crippen LogP contribution >= 0.6 is 12.4 Å². The molecule has 2 nitrogen and oxygen atoms in total. The molecule has 0 amide bonds. The number of alkyl halides is 6. The maximum Gasteiger partial charge on any atom is 0.416 e. The Kier molecular flexibility index (Phi) is 7.34. The first-order valence-corrected chi connectivity index (χ1v) is 7.84. The molecule has 1 aliphatic rings. The van der Waals surface area contributed by atoms with E-state index in [-0.39, 0.29) is 24.5 Å². The van der Waals surface area contributed by atoms with Crippen LogP contribution in [0.3, 0.4) is 0 Å². The van der Waals surface area contributed by atoms with Crippen molar-refractivity contribution in [3.05, 3.63) is 34.6 Å². The maximum atomic E-state index is 14.2. The van der Waals surface area contributed by atoms with Gasteiger partial charge in [-0.3, -0.25) is 0 Å². The van der Waals surface area contributed by atoms with E-state index in [4.69, 9.17) is 5.73 Å². The molecule has 2 atom stereocenters. The molecule has 2 rings (SSSR count). The number of hydrogen-bond acceptors (Lipinski definition) is 2. The lowest BCUT2D eigenvalue weighted by atomic mass is 9.80. The van der Waals surface area contributed by atoms with Gasteiger partial charge in [-0.1, -0.05) is 19.3 Å². The van der Waals surface area contributed by atoms with Crippen LogP contribution in [0.5, 0.6) is 0 Å². The number of benzene rings is 1. The van der Waals surface area contributed by atoms with Crippen molar-refractivity contribution >= 4 is 12.4 Å². The molecule has 0 bridgehead atoms. The van der Waals surface area contributed by atoms with Crippen LogP contribution in [0.4, 0.5) is 30.7 Å². The highest BCUT2D eigenvalue weighted by molar-refractivity contribution is 5.85. The lowest BCUT2D eigenvalue weighted by molar-refractivity contribution is -0.144. The third-order valence-electron chi connectivity index (χ3n) is 4.60. The second-order valence-corrected chi connectivity index (χ2v) is 6.33. The van der Waals surface area contributed by atoms with Crippen LogP contribution in [0, 0.1) is 11.7 Å². The first-order chi connectivity index (χ1) is 11.4. The molecule has 0 heterocycles. The van der Waals surface area contributed by atoms with Crippen molar-refractivity contribution in [3.63, 3.8) is 0 Å². The highest BCUT2D eigenvalue weighted by Crippen LogP contribution is 2.42. The summed E-state index contributed by atoms with van der Waals surface area (Å²) >= 11 is 0. The number of aliphatic hydroxyl groups excluding tert-OH is 1. The summed E-state index contributed by atoms with van der Waals surface area (Å²) < 4.78 is 91.8. The van der Waals surface area contributed by atoms with Crippen LogP contribution in [0.25, 0.3) is 0 Å². The van der Waals surface area contributed by atoms with E-state index in [0.717, 1.165) is 19.3 Å². The van der Waals surface area contributed by atoms with Crippen LogP contribution in [-0.4, -0.2) is 11.2 Å². The quantitative estimate of drug-likeness (QED) is 0.672. The van der Waals surface area contributed by atoms with E-state index < -0.39 is 52.9 Å². The molecule has 1 fully saturated rings. The Balaban J connectivity index is 0.00000338. The standard InChI is InChI=1S/C16H18F7NO.ClH/c17-11-7-9(15(18,19)20)6-10(16(21,22)23)12(11)13(24)14(25)8-4-2-1-3-5-8;/h6-8,13-14,25H,1-5,24H2;1H/t13-,14+;/m1./s1. The fourth-order valence-electron chi connectivity index (χ4n) is 3.29. The van der Waals surface area contributed by atoms with Crippen LogP contribution in [0.2, 0.25) is 0 Å². The average Bonchev–Trinajstić information content (AvgIpc) is 2.52. The molecule has 1 aromatic carbocycles. The molecule has 0 unspecified atom stereocenters. The van der Waals surface area contributed by atoms with Crippen molar-refractivity contribution in [2.75, 3.05) is 0 Å². The van der Waals surface area contributed by atoms with Crippen molar-refractivity contribution < 1.29 is 35.8 Å². The molecule has 1 saturated carbocycles. The van der Waals surface area contributed by atoms with Crippen LogP contribution in [-0.2, 0) is 12.4 Å². The zero-order chi connectivity index (χ0) is 19.0. The van der Waals surface area contributed by atoms with Gasteiger partial charge in [0.2, 0.25) is 0 Å². The molecule has 1 aromatic rings.